The van der Waals surface area contributed by atoms with E-state index < -0.39 is 5.41 Å². The Kier molecular flexibility index (Phi) is 4.68. The molecule has 0 saturated heterocycles. The van der Waals surface area contributed by atoms with Crippen molar-refractivity contribution in [3.63, 3.8) is 0 Å². The van der Waals surface area contributed by atoms with Gasteiger partial charge in [0.15, 0.2) is 0 Å². The lowest BCUT2D eigenvalue weighted by atomic mass is 9.63. The number of para-hydroxylation sites is 1. The first kappa shape index (κ1) is 22.7. The van der Waals surface area contributed by atoms with Gasteiger partial charge >= 0.3 is 0 Å². The Morgan fingerprint density at radius 1 is 0.525 bits per heavy atom. The highest BCUT2D eigenvalue weighted by Crippen LogP contribution is 2.62. The Morgan fingerprint density at radius 2 is 1.20 bits per heavy atom. The fourth-order valence-electron chi connectivity index (χ4n) is 7.07. The summed E-state index contributed by atoms with van der Waals surface area (Å²) in [5.74, 6) is 0. The molecule has 2 aliphatic rings. The van der Waals surface area contributed by atoms with Crippen LogP contribution in [0.3, 0.4) is 0 Å². The molecule has 1 spiro atoms. The minimum absolute atomic E-state index is 0.543. The molecule has 0 radical (unpaired) electrons. The van der Waals surface area contributed by atoms with E-state index in [1.807, 2.05) is 17.8 Å². The van der Waals surface area contributed by atoms with E-state index in [1.54, 1.807) is 0 Å². The second-order valence-electron chi connectivity index (χ2n) is 10.5. The third-order valence-corrected chi connectivity index (χ3v) is 10.3. The molecule has 188 valence electrons. The maximum atomic E-state index is 6.66. The van der Waals surface area contributed by atoms with Crippen molar-refractivity contribution < 1.29 is 4.42 Å². The van der Waals surface area contributed by atoms with E-state index in [4.69, 9.17) is 4.42 Å². The van der Waals surface area contributed by atoms with Gasteiger partial charge in [-0.1, -0.05) is 131 Å². The van der Waals surface area contributed by atoms with Crippen LogP contribution in [-0.2, 0) is 5.41 Å². The van der Waals surface area contributed by atoms with E-state index in [9.17, 15) is 0 Å². The van der Waals surface area contributed by atoms with Gasteiger partial charge < -0.3 is 4.42 Å². The molecule has 1 aliphatic carbocycles. The average Bonchev–Trinajstić information content (AvgIpc) is 3.35. The fourth-order valence-corrected chi connectivity index (χ4v) is 8.70. The lowest BCUT2D eigenvalue weighted by Gasteiger charge is -2.42. The maximum Gasteiger partial charge on any atom is 0.149 e. The molecule has 1 aromatic heterocycles. The van der Waals surface area contributed by atoms with Crippen LogP contribution in [0.2, 0.25) is 0 Å². The highest BCUT2D eigenvalue weighted by molar-refractivity contribution is 9.10. The summed E-state index contributed by atoms with van der Waals surface area (Å²) >= 11 is 5.70. The average molecular weight is 594 g/mol. The first-order valence-electron chi connectivity index (χ1n) is 13.5. The van der Waals surface area contributed by atoms with Crippen molar-refractivity contribution in [2.45, 2.75) is 15.2 Å². The van der Waals surface area contributed by atoms with E-state index >= 15 is 0 Å². The topological polar surface area (TPSA) is 13.1 Å². The second-order valence-corrected chi connectivity index (χ2v) is 12.5. The van der Waals surface area contributed by atoms with Gasteiger partial charge in [0, 0.05) is 20.1 Å². The monoisotopic (exact) mass is 592 g/mol. The first-order valence-corrected chi connectivity index (χ1v) is 15.1. The standard InChI is InChI=1S/C37H21BrOS/c38-22-17-18-26-24-10-2-1-9-23(24)25-11-3-5-13-29(25)37(32(26)21-22)30-14-6-8-16-34(30)40-36-31(37)20-19-28-27-12-4-7-15-33(27)39-35(28)36/h1-21H. The Hall–Kier alpha value is -4.05. The number of fused-ring (bicyclic) bond motifs is 15. The van der Waals surface area contributed by atoms with Gasteiger partial charge in [0.05, 0.1) is 10.3 Å². The van der Waals surface area contributed by atoms with Gasteiger partial charge in [0.1, 0.15) is 11.2 Å². The summed E-state index contributed by atoms with van der Waals surface area (Å²) in [7, 11) is 0. The highest BCUT2D eigenvalue weighted by atomic mass is 79.9. The summed E-state index contributed by atoms with van der Waals surface area (Å²) in [5, 5.41) is 2.32. The Balaban J connectivity index is 1.54. The minimum Gasteiger partial charge on any atom is -0.455 e. The zero-order chi connectivity index (χ0) is 26.4. The van der Waals surface area contributed by atoms with Crippen LogP contribution in [0.15, 0.2) is 146 Å². The van der Waals surface area contributed by atoms with Crippen LogP contribution in [0.25, 0.3) is 44.2 Å². The van der Waals surface area contributed by atoms with Crippen LogP contribution in [0.1, 0.15) is 22.3 Å². The summed E-state index contributed by atoms with van der Waals surface area (Å²) < 4.78 is 7.74. The molecular formula is C37H21BrOS. The largest absolute Gasteiger partial charge is 0.455 e. The van der Waals surface area contributed by atoms with Gasteiger partial charge in [-0.3, -0.25) is 0 Å². The zero-order valence-electron chi connectivity index (χ0n) is 21.3. The summed E-state index contributed by atoms with van der Waals surface area (Å²) in [5.41, 5.74) is 11.5. The van der Waals surface area contributed by atoms with Gasteiger partial charge in [0.25, 0.3) is 0 Å². The summed E-state index contributed by atoms with van der Waals surface area (Å²) in [6, 6.07) is 46.6. The van der Waals surface area contributed by atoms with Crippen molar-refractivity contribution >= 4 is 49.6 Å². The number of hydrogen-bond acceptors (Lipinski definition) is 2. The Morgan fingerprint density at radius 3 is 2.05 bits per heavy atom. The molecule has 7 aromatic rings. The van der Waals surface area contributed by atoms with Gasteiger partial charge in [-0.05, 0) is 68.8 Å². The number of furan rings is 1. The van der Waals surface area contributed by atoms with Crippen LogP contribution >= 0.6 is 27.7 Å². The quantitative estimate of drug-likeness (QED) is 0.174. The molecule has 0 N–H and O–H groups in total. The summed E-state index contributed by atoms with van der Waals surface area (Å²) in [6.45, 7) is 0. The minimum atomic E-state index is -0.543. The predicted octanol–water partition coefficient (Wildman–Crippen LogP) is 10.8. The normalized spacial score (nSPS) is 16.6. The SMILES string of the molecule is Brc1ccc2c(c1)C1(c3ccccc3Sc3c1ccc1c3oc3ccccc31)c1ccccc1-c1ccccc1-2. The van der Waals surface area contributed by atoms with Crippen LogP contribution in [-0.4, -0.2) is 0 Å². The molecule has 1 aliphatic heterocycles. The molecule has 0 saturated carbocycles. The first-order chi connectivity index (χ1) is 19.7. The molecular weight excluding hydrogens is 572 g/mol. The van der Waals surface area contributed by atoms with E-state index in [0.29, 0.717) is 0 Å². The Labute approximate surface area is 244 Å². The number of benzene rings is 6. The van der Waals surface area contributed by atoms with Crippen molar-refractivity contribution in [2.24, 2.45) is 0 Å². The molecule has 40 heavy (non-hydrogen) atoms. The van der Waals surface area contributed by atoms with Gasteiger partial charge in [-0.15, -0.1) is 0 Å². The molecule has 1 nitrogen and oxygen atoms in total. The smallest absolute Gasteiger partial charge is 0.149 e. The van der Waals surface area contributed by atoms with Crippen LogP contribution < -0.4 is 0 Å². The molecule has 0 fully saturated rings. The van der Waals surface area contributed by atoms with E-state index in [-0.39, 0.29) is 0 Å². The van der Waals surface area contributed by atoms with Gasteiger partial charge in [-0.2, -0.15) is 0 Å². The highest BCUT2D eigenvalue weighted by Gasteiger charge is 2.49. The van der Waals surface area contributed by atoms with Gasteiger partial charge in [0.2, 0.25) is 0 Å². The predicted molar refractivity (Wildman–Crippen MR) is 168 cm³/mol. The fraction of sp³-hybridized carbons (Fsp3) is 0.0270. The van der Waals surface area contributed by atoms with Crippen molar-refractivity contribution in [3.8, 4) is 22.3 Å². The molecule has 0 bridgehead atoms. The molecule has 6 aromatic carbocycles. The third-order valence-electron chi connectivity index (χ3n) is 8.63. The number of rotatable bonds is 0. The Bertz CT molecular complexity index is 2170. The lowest BCUT2D eigenvalue weighted by molar-refractivity contribution is 0.646. The van der Waals surface area contributed by atoms with Crippen LogP contribution in [0.5, 0.6) is 0 Å². The van der Waals surface area contributed by atoms with Crippen molar-refractivity contribution in [1.29, 1.82) is 0 Å². The summed E-state index contributed by atoms with van der Waals surface area (Å²) in [6.07, 6.45) is 0. The molecule has 1 atom stereocenters. The third kappa shape index (κ3) is 2.84. The lowest BCUT2D eigenvalue weighted by Crippen LogP contribution is -2.34. The van der Waals surface area contributed by atoms with E-state index in [1.165, 1.54) is 54.3 Å². The second kappa shape index (κ2) is 8.23. The number of halogens is 1. The van der Waals surface area contributed by atoms with Crippen LogP contribution in [0, 0.1) is 0 Å². The number of hydrogen-bond donors (Lipinski definition) is 0. The van der Waals surface area contributed by atoms with E-state index in [2.05, 4.69) is 137 Å². The molecule has 9 rings (SSSR count). The molecule has 3 heteroatoms. The van der Waals surface area contributed by atoms with Crippen molar-refractivity contribution in [1.82, 2.24) is 0 Å². The zero-order valence-corrected chi connectivity index (χ0v) is 23.7. The van der Waals surface area contributed by atoms with Gasteiger partial charge in [-0.25, -0.2) is 0 Å². The maximum absolute atomic E-state index is 6.66. The van der Waals surface area contributed by atoms with Crippen LogP contribution in [0.4, 0.5) is 0 Å². The molecule has 2 heterocycles. The van der Waals surface area contributed by atoms with Crippen molar-refractivity contribution in [3.05, 3.63) is 154 Å². The van der Waals surface area contributed by atoms with Crippen molar-refractivity contribution in [2.75, 3.05) is 0 Å². The van der Waals surface area contributed by atoms with E-state index in [0.717, 1.165) is 26.4 Å². The molecule has 0 amide bonds. The summed E-state index contributed by atoms with van der Waals surface area (Å²) in [4.78, 5) is 2.45. The molecule has 1 unspecified atom stereocenters.